The quantitative estimate of drug-likeness (QED) is 0.744. The second kappa shape index (κ2) is 8.15. The molecular weight excluding hydrogens is 250 g/mol. The van der Waals surface area contributed by atoms with Gasteiger partial charge >= 0.3 is 0 Å². The van der Waals surface area contributed by atoms with Gasteiger partial charge < -0.3 is 10.1 Å². The molecule has 0 aliphatic rings. The van der Waals surface area contributed by atoms with E-state index in [-0.39, 0.29) is 0 Å². The lowest BCUT2D eigenvalue weighted by molar-refractivity contribution is 0.307. The summed E-state index contributed by atoms with van der Waals surface area (Å²) in [5, 5.41) is 3.34. The van der Waals surface area contributed by atoms with Crippen molar-refractivity contribution < 1.29 is 4.74 Å². The predicted molar refractivity (Wildman–Crippen MR) is 80.8 cm³/mol. The summed E-state index contributed by atoms with van der Waals surface area (Å²) in [6.07, 6.45) is 8.64. The lowest BCUT2D eigenvalue weighted by Crippen LogP contribution is -2.05. The highest BCUT2D eigenvalue weighted by Gasteiger charge is 2.03. The first-order chi connectivity index (χ1) is 9.90. The molecule has 1 N–H and O–H groups in total. The topological polar surface area (TPSA) is 47.0 Å². The lowest BCUT2D eigenvalue weighted by Gasteiger charge is -2.12. The van der Waals surface area contributed by atoms with Gasteiger partial charge in [-0.05, 0) is 18.6 Å². The molecule has 0 saturated carbocycles. The number of rotatable bonds is 8. The first kappa shape index (κ1) is 14.3. The minimum atomic E-state index is 0.642. The summed E-state index contributed by atoms with van der Waals surface area (Å²) in [6.45, 7) is 3.59. The largest absolute Gasteiger partial charge is 0.491 e. The van der Waals surface area contributed by atoms with Crippen molar-refractivity contribution in [2.45, 2.75) is 32.7 Å². The van der Waals surface area contributed by atoms with Crippen LogP contribution in [0.3, 0.4) is 0 Å². The molecule has 0 amide bonds. The zero-order chi connectivity index (χ0) is 14.0. The molecule has 0 bridgehead atoms. The van der Waals surface area contributed by atoms with E-state index in [2.05, 4.69) is 22.2 Å². The molecular formula is C16H21N3O. The molecule has 0 saturated heterocycles. The molecule has 1 aromatic heterocycles. The molecule has 0 fully saturated rings. The van der Waals surface area contributed by atoms with Crippen LogP contribution in [0.4, 0.5) is 5.69 Å². The third-order valence-electron chi connectivity index (χ3n) is 2.97. The minimum absolute atomic E-state index is 0.642. The Morgan fingerprint density at radius 3 is 2.85 bits per heavy atom. The van der Waals surface area contributed by atoms with E-state index in [4.69, 9.17) is 4.74 Å². The normalized spacial score (nSPS) is 10.2. The molecule has 1 aromatic carbocycles. The third kappa shape index (κ3) is 4.53. The van der Waals surface area contributed by atoms with Gasteiger partial charge in [-0.1, -0.05) is 31.9 Å². The predicted octanol–water partition coefficient (Wildman–Crippen LogP) is 3.66. The van der Waals surface area contributed by atoms with Gasteiger partial charge in [0.25, 0.3) is 0 Å². The van der Waals surface area contributed by atoms with Crippen LogP contribution < -0.4 is 10.1 Å². The maximum atomic E-state index is 5.83. The second-order valence-corrected chi connectivity index (χ2v) is 4.60. The summed E-state index contributed by atoms with van der Waals surface area (Å²) in [7, 11) is 0. The summed E-state index contributed by atoms with van der Waals surface area (Å²) >= 11 is 0. The molecule has 2 aromatic rings. The van der Waals surface area contributed by atoms with Crippen LogP contribution in [0.5, 0.6) is 5.75 Å². The summed E-state index contributed by atoms with van der Waals surface area (Å²) in [5.74, 6) is 0.896. The van der Waals surface area contributed by atoms with Crippen molar-refractivity contribution in [1.29, 1.82) is 0 Å². The van der Waals surface area contributed by atoms with Gasteiger partial charge in [0.2, 0.25) is 0 Å². The molecule has 106 valence electrons. The van der Waals surface area contributed by atoms with Crippen LogP contribution in [0.2, 0.25) is 0 Å². The number of nitrogens with zero attached hydrogens (tertiary/aromatic N) is 2. The van der Waals surface area contributed by atoms with Gasteiger partial charge in [0.1, 0.15) is 5.75 Å². The number of benzene rings is 1. The zero-order valence-corrected chi connectivity index (χ0v) is 11.9. The number of aromatic nitrogens is 2. The molecule has 4 heteroatoms. The number of ether oxygens (including phenoxy) is 1. The van der Waals surface area contributed by atoms with E-state index in [1.165, 1.54) is 12.8 Å². The third-order valence-corrected chi connectivity index (χ3v) is 2.97. The van der Waals surface area contributed by atoms with E-state index in [0.29, 0.717) is 6.54 Å². The summed E-state index contributed by atoms with van der Waals surface area (Å²) < 4.78 is 5.83. The maximum Gasteiger partial charge on any atom is 0.142 e. The van der Waals surface area contributed by atoms with Gasteiger partial charge in [-0.2, -0.15) is 0 Å². The zero-order valence-electron chi connectivity index (χ0n) is 11.9. The van der Waals surface area contributed by atoms with E-state index < -0.39 is 0 Å². The monoisotopic (exact) mass is 271 g/mol. The molecule has 0 spiro atoms. The standard InChI is InChI=1S/C16H21N3O/c1-2-3-6-11-20-16-8-5-4-7-15(16)19-13-14-12-17-9-10-18-14/h4-5,7-10,12,19H,2-3,6,11,13H2,1H3. The Labute approximate surface area is 120 Å². The molecule has 1 heterocycles. The van der Waals surface area contributed by atoms with Crippen molar-refractivity contribution in [2.75, 3.05) is 11.9 Å². The highest BCUT2D eigenvalue weighted by Crippen LogP contribution is 2.24. The lowest BCUT2D eigenvalue weighted by atomic mass is 10.2. The summed E-state index contributed by atoms with van der Waals surface area (Å²) in [4.78, 5) is 8.30. The van der Waals surface area contributed by atoms with Crippen molar-refractivity contribution in [1.82, 2.24) is 9.97 Å². The second-order valence-electron chi connectivity index (χ2n) is 4.60. The minimum Gasteiger partial charge on any atom is -0.491 e. The highest BCUT2D eigenvalue weighted by molar-refractivity contribution is 5.56. The van der Waals surface area contributed by atoms with Crippen LogP contribution in [-0.2, 0) is 6.54 Å². The molecule has 0 aliphatic heterocycles. The molecule has 0 radical (unpaired) electrons. The van der Waals surface area contributed by atoms with E-state index in [9.17, 15) is 0 Å². The van der Waals surface area contributed by atoms with Gasteiger partial charge in [0, 0.05) is 12.4 Å². The van der Waals surface area contributed by atoms with Gasteiger partial charge in [-0.15, -0.1) is 0 Å². The van der Waals surface area contributed by atoms with Crippen molar-refractivity contribution >= 4 is 5.69 Å². The number of nitrogens with one attached hydrogen (secondary N) is 1. The Bertz CT molecular complexity index is 502. The number of hydrogen-bond donors (Lipinski definition) is 1. The van der Waals surface area contributed by atoms with Crippen molar-refractivity contribution in [3.8, 4) is 5.75 Å². The van der Waals surface area contributed by atoms with Crippen LogP contribution in [0.1, 0.15) is 31.9 Å². The van der Waals surface area contributed by atoms with Crippen molar-refractivity contribution in [3.05, 3.63) is 48.5 Å². The molecule has 0 atom stereocenters. The van der Waals surface area contributed by atoms with E-state index >= 15 is 0 Å². The molecule has 4 nitrogen and oxygen atoms in total. The Hall–Kier alpha value is -2.10. The van der Waals surface area contributed by atoms with Crippen LogP contribution >= 0.6 is 0 Å². The van der Waals surface area contributed by atoms with Gasteiger partial charge in [0.05, 0.1) is 30.7 Å². The SMILES string of the molecule is CCCCCOc1ccccc1NCc1cnccn1. The fraction of sp³-hybridized carbons (Fsp3) is 0.375. The highest BCUT2D eigenvalue weighted by atomic mass is 16.5. The average Bonchev–Trinajstić information content (AvgIpc) is 2.51. The van der Waals surface area contributed by atoms with E-state index in [1.54, 1.807) is 18.6 Å². The Morgan fingerprint density at radius 2 is 2.05 bits per heavy atom. The Balaban J connectivity index is 1.90. The fourth-order valence-corrected chi connectivity index (χ4v) is 1.88. The maximum absolute atomic E-state index is 5.83. The molecule has 20 heavy (non-hydrogen) atoms. The molecule has 2 rings (SSSR count). The smallest absolute Gasteiger partial charge is 0.142 e. The van der Waals surface area contributed by atoms with E-state index in [0.717, 1.165) is 30.2 Å². The summed E-state index contributed by atoms with van der Waals surface area (Å²) in [6, 6.07) is 8.00. The van der Waals surface area contributed by atoms with Gasteiger partial charge in [-0.3, -0.25) is 9.97 Å². The number of hydrogen-bond acceptors (Lipinski definition) is 4. The Morgan fingerprint density at radius 1 is 1.15 bits per heavy atom. The van der Waals surface area contributed by atoms with Crippen molar-refractivity contribution in [2.24, 2.45) is 0 Å². The number of unbranched alkanes of at least 4 members (excludes halogenated alkanes) is 2. The number of anilines is 1. The molecule has 0 aliphatic carbocycles. The molecule has 0 unspecified atom stereocenters. The van der Waals surface area contributed by atoms with E-state index in [1.807, 2.05) is 24.3 Å². The van der Waals surface area contributed by atoms with Crippen LogP contribution in [0, 0.1) is 0 Å². The average molecular weight is 271 g/mol. The Kier molecular flexibility index (Phi) is 5.83. The first-order valence-electron chi connectivity index (χ1n) is 7.10. The number of para-hydroxylation sites is 2. The van der Waals surface area contributed by atoms with Crippen LogP contribution in [0.15, 0.2) is 42.9 Å². The van der Waals surface area contributed by atoms with Crippen LogP contribution in [0.25, 0.3) is 0 Å². The van der Waals surface area contributed by atoms with Crippen molar-refractivity contribution in [3.63, 3.8) is 0 Å². The van der Waals surface area contributed by atoms with Gasteiger partial charge in [0.15, 0.2) is 0 Å². The summed E-state index contributed by atoms with van der Waals surface area (Å²) in [5.41, 5.74) is 1.91. The fourth-order valence-electron chi connectivity index (χ4n) is 1.88. The van der Waals surface area contributed by atoms with Crippen LogP contribution in [-0.4, -0.2) is 16.6 Å². The first-order valence-corrected chi connectivity index (χ1v) is 7.10. The van der Waals surface area contributed by atoms with Gasteiger partial charge in [-0.25, -0.2) is 0 Å².